The van der Waals surface area contributed by atoms with E-state index in [4.69, 9.17) is 5.73 Å². The Balaban J connectivity index is 2.57. The lowest BCUT2D eigenvalue weighted by Gasteiger charge is -2.41. The van der Waals surface area contributed by atoms with E-state index in [1.165, 1.54) is 4.90 Å². The van der Waals surface area contributed by atoms with E-state index in [1.807, 2.05) is 13.8 Å². The van der Waals surface area contributed by atoms with Crippen LogP contribution < -0.4 is 5.73 Å². The first-order valence-corrected chi connectivity index (χ1v) is 5.37. The number of carbonyl (C=O) groups is 2. The third kappa shape index (κ3) is 2.12. The van der Waals surface area contributed by atoms with Gasteiger partial charge in [0.05, 0.1) is 0 Å². The maximum atomic E-state index is 11.9. The van der Waals surface area contributed by atoms with Gasteiger partial charge in [-0.2, -0.15) is 0 Å². The predicted octanol–water partition coefficient (Wildman–Crippen LogP) is -0.587. The van der Waals surface area contributed by atoms with Gasteiger partial charge in [0.1, 0.15) is 12.1 Å². The molecule has 2 atom stereocenters. The van der Waals surface area contributed by atoms with Crippen molar-refractivity contribution in [2.45, 2.75) is 32.9 Å². The molecule has 2 N–H and O–H groups in total. The van der Waals surface area contributed by atoms with E-state index in [0.29, 0.717) is 19.6 Å². The van der Waals surface area contributed by atoms with Crippen LogP contribution in [-0.2, 0) is 9.59 Å². The highest BCUT2D eigenvalue weighted by molar-refractivity contribution is 5.93. The average Bonchev–Trinajstić information content (AvgIpc) is 2.25. The maximum absolute atomic E-state index is 11.9. The van der Waals surface area contributed by atoms with Crippen molar-refractivity contribution in [1.82, 2.24) is 9.80 Å². The molecule has 1 heterocycles. The van der Waals surface area contributed by atoms with Crippen LogP contribution in [0.5, 0.6) is 0 Å². The van der Waals surface area contributed by atoms with Crippen LogP contribution in [0.15, 0.2) is 0 Å². The molecular weight excluding hydrogens is 194 g/mol. The van der Waals surface area contributed by atoms with Crippen molar-refractivity contribution in [3.63, 3.8) is 0 Å². The number of carbonyl (C=O) groups excluding carboxylic acids is 2. The lowest BCUT2D eigenvalue weighted by molar-refractivity contribution is -0.153. The minimum Gasteiger partial charge on any atom is -0.341 e. The van der Waals surface area contributed by atoms with Crippen LogP contribution in [0.2, 0.25) is 0 Å². The van der Waals surface area contributed by atoms with Crippen molar-refractivity contribution in [3.05, 3.63) is 0 Å². The van der Waals surface area contributed by atoms with Crippen molar-refractivity contribution < 1.29 is 9.59 Å². The van der Waals surface area contributed by atoms with Gasteiger partial charge in [0.2, 0.25) is 11.8 Å². The SMILES string of the molecule is CCN(CC)C(=O)C(C)N1CC(N)C1=O. The molecule has 0 spiro atoms. The van der Waals surface area contributed by atoms with Gasteiger partial charge in [0.25, 0.3) is 0 Å². The Labute approximate surface area is 90.2 Å². The fourth-order valence-electron chi connectivity index (χ4n) is 1.76. The number of nitrogens with two attached hydrogens (primary N) is 1. The van der Waals surface area contributed by atoms with E-state index in [-0.39, 0.29) is 17.9 Å². The predicted molar refractivity (Wildman–Crippen MR) is 57.1 cm³/mol. The normalized spacial score (nSPS) is 22.3. The van der Waals surface area contributed by atoms with Gasteiger partial charge >= 0.3 is 0 Å². The summed E-state index contributed by atoms with van der Waals surface area (Å²) in [5.41, 5.74) is 5.48. The topological polar surface area (TPSA) is 66.6 Å². The Hall–Kier alpha value is -1.10. The van der Waals surface area contributed by atoms with Crippen LogP contribution >= 0.6 is 0 Å². The highest BCUT2D eigenvalue weighted by Gasteiger charge is 2.39. The number of hydrogen-bond acceptors (Lipinski definition) is 3. The quantitative estimate of drug-likeness (QED) is 0.635. The number of hydrogen-bond donors (Lipinski definition) is 1. The van der Waals surface area contributed by atoms with E-state index in [2.05, 4.69) is 0 Å². The zero-order valence-corrected chi connectivity index (χ0v) is 9.56. The van der Waals surface area contributed by atoms with E-state index in [0.717, 1.165) is 0 Å². The third-order valence-electron chi connectivity index (χ3n) is 2.89. The van der Waals surface area contributed by atoms with E-state index in [1.54, 1.807) is 11.8 Å². The number of amides is 2. The summed E-state index contributed by atoms with van der Waals surface area (Å²) in [6.07, 6.45) is 0. The van der Waals surface area contributed by atoms with Crippen LogP contribution in [0.25, 0.3) is 0 Å². The van der Waals surface area contributed by atoms with E-state index >= 15 is 0 Å². The van der Waals surface area contributed by atoms with Crippen molar-refractivity contribution >= 4 is 11.8 Å². The minimum atomic E-state index is -0.406. The molecule has 1 aliphatic rings. The second kappa shape index (κ2) is 4.61. The lowest BCUT2D eigenvalue weighted by atomic mass is 10.1. The molecule has 1 aliphatic heterocycles. The highest BCUT2D eigenvalue weighted by Crippen LogP contribution is 2.14. The maximum Gasteiger partial charge on any atom is 0.245 e. The van der Waals surface area contributed by atoms with Gasteiger partial charge in [0.15, 0.2) is 0 Å². The van der Waals surface area contributed by atoms with Crippen LogP contribution in [0, 0.1) is 0 Å². The Morgan fingerprint density at radius 3 is 2.47 bits per heavy atom. The molecule has 86 valence electrons. The first-order chi connectivity index (χ1) is 7.02. The smallest absolute Gasteiger partial charge is 0.245 e. The molecular formula is C10H19N3O2. The van der Waals surface area contributed by atoms with Crippen LogP contribution in [0.1, 0.15) is 20.8 Å². The van der Waals surface area contributed by atoms with E-state index < -0.39 is 6.04 Å². The van der Waals surface area contributed by atoms with Crippen molar-refractivity contribution in [2.24, 2.45) is 5.73 Å². The average molecular weight is 213 g/mol. The van der Waals surface area contributed by atoms with Gasteiger partial charge < -0.3 is 15.5 Å². The fraction of sp³-hybridized carbons (Fsp3) is 0.800. The summed E-state index contributed by atoms with van der Waals surface area (Å²) in [6, 6.07) is -0.783. The monoisotopic (exact) mass is 213 g/mol. The Morgan fingerprint density at radius 1 is 1.60 bits per heavy atom. The Morgan fingerprint density at radius 2 is 2.13 bits per heavy atom. The molecule has 0 aromatic carbocycles. The molecule has 5 nitrogen and oxygen atoms in total. The van der Waals surface area contributed by atoms with Gasteiger partial charge in [-0.25, -0.2) is 0 Å². The summed E-state index contributed by atoms with van der Waals surface area (Å²) < 4.78 is 0. The number of β-lactam (4-membered cyclic amide) rings is 1. The lowest BCUT2D eigenvalue weighted by Crippen LogP contribution is -2.66. The molecule has 2 amide bonds. The summed E-state index contributed by atoms with van der Waals surface area (Å²) in [5, 5.41) is 0. The number of nitrogens with zero attached hydrogens (tertiary/aromatic N) is 2. The largest absolute Gasteiger partial charge is 0.341 e. The van der Waals surface area contributed by atoms with Crippen LogP contribution in [0.3, 0.4) is 0 Å². The molecule has 0 radical (unpaired) electrons. The standard InChI is InChI=1S/C10H19N3O2/c1-4-12(5-2)9(14)7(3)13-6-8(11)10(13)15/h7-8H,4-6,11H2,1-3H3. The van der Waals surface area contributed by atoms with E-state index in [9.17, 15) is 9.59 Å². The van der Waals surface area contributed by atoms with Gasteiger partial charge in [-0.05, 0) is 20.8 Å². The Kier molecular flexibility index (Phi) is 3.68. The summed E-state index contributed by atoms with van der Waals surface area (Å²) in [6.45, 7) is 7.45. The number of rotatable bonds is 4. The van der Waals surface area contributed by atoms with Gasteiger partial charge in [0, 0.05) is 19.6 Å². The van der Waals surface area contributed by atoms with Gasteiger partial charge in [-0.15, -0.1) is 0 Å². The molecule has 0 saturated carbocycles. The van der Waals surface area contributed by atoms with Gasteiger partial charge in [-0.3, -0.25) is 9.59 Å². The molecule has 1 fully saturated rings. The molecule has 0 aliphatic carbocycles. The molecule has 0 bridgehead atoms. The van der Waals surface area contributed by atoms with Crippen LogP contribution in [-0.4, -0.2) is 53.3 Å². The first-order valence-electron chi connectivity index (χ1n) is 5.37. The molecule has 5 heteroatoms. The summed E-state index contributed by atoms with van der Waals surface area (Å²) in [5.74, 6) is -0.122. The van der Waals surface area contributed by atoms with Crippen molar-refractivity contribution in [3.8, 4) is 0 Å². The number of likely N-dealkylation sites (tertiary alicyclic amines) is 1. The second-order valence-corrected chi connectivity index (χ2v) is 3.78. The zero-order chi connectivity index (χ0) is 11.6. The second-order valence-electron chi connectivity index (χ2n) is 3.78. The van der Waals surface area contributed by atoms with Crippen LogP contribution in [0.4, 0.5) is 0 Å². The molecule has 1 rings (SSSR count). The third-order valence-corrected chi connectivity index (χ3v) is 2.89. The van der Waals surface area contributed by atoms with Gasteiger partial charge in [-0.1, -0.05) is 0 Å². The zero-order valence-electron chi connectivity index (χ0n) is 9.56. The summed E-state index contributed by atoms with van der Waals surface area (Å²) in [4.78, 5) is 26.5. The number of likely N-dealkylation sites (N-methyl/N-ethyl adjacent to an activating group) is 1. The first kappa shape index (κ1) is 12.0. The molecule has 1 saturated heterocycles. The Bertz CT molecular complexity index is 263. The molecule has 15 heavy (non-hydrogen) atoms. The summed E-state index contributed by atoms with van der Waals surface area (Å²) in [7, 11) is 0. The molecule has 0 aromatic heterocycles. The summed E-state index contributed by atoms with van der Waals surface area (Å²) >= 11 is 0. The minimum absolute atomic E-state index is 0.000231. The molecule has 0 aromatic rings. The fourth-order valence-corrected chi connectivity index (χ4v) is 1.76. The van der Waals surface area contributed by atoms with Crippen molar-refractivity contribution in [2.75, 3.05) is 19.6 Å². The highest BCUT2D eigenvalue weighted by atomic mass is 16.2. The van der Waals surface area contributed by atoms with Crippen molar-refractivity contribution in [1.29, 1.82) is 0 Å². The molecule has 2 unspecified atom stereocenters.